The Morgan fingerprint density at radius 3 is 3.11 bits per heavy atom. The third-order valence-electron chi connectivity index (χ3n) is 4.99. The van der Waals surface area contributed by atoms with E-state index in [1.807, 2.05) is 17.4 Å². The minimum atomic E-state index is 0.156. The lowest BCUT2D eigenvalue weighted by Crippen LogP contribution is -2.44. The van der Waals surface area contributed by atoms with Gasteiger partial charge in [-0.1, -0.05) is 5.16 Å². The number of piperidine rings is 1. The number of likely N-dealkylation sites (tertiary alicyclic amines) is 1. The van der Waals surface area contributed by atoms with Gasteiger partial charge >= 0.3 is 0 Å². The Bertz CT molecular complexity index is 841. The van der Waals surface area contributed by atoms with Crippen LogP contribution in [0.15, 0.2) is 46.1 Å². The number of aryl methyl sites for hydroxylation is 2. The Hall–Kier alpha value is -2.90. The monoisotopic (exact) mass is 369 g/mol. The fourth-order valence-corrected chi connectivity index (χ4v) is 3.57. The molecule has 0 radical (unpaired) electrons. The second-order valence-corrected chi connectivity index (χ2v) is 6.81. The van der Waals surface area contributed by atoms with Gasteiger partial charge in [0.25, 0.3) is 0 Å². The summed E-state index contributed by atoms with van der Waals surface area (Å²) in [6, 6.07) is 3.84. The molecule has 0 bridgehead atoms. The first-order chi connectivity index (χ1) is 13.3. The van der Waals surface area contributed by atoms with Crippen LogP contribution in [0.2, 0.25) is 0 Å². The van der Waals surface area contributed by atoms with E-state index in [1.165, 1.54) is 6.42 Å². The molecule has 3 aromatic heterocycles. The molecule has 1 aliphatic heterocycles. The molecule has 0 spiro atoms. The third-order valence-corrected chi connectivity index (χ3v) is 4.99. The van der Waals surface area contributed by atoms with Gasteiger partial charge < -0.3 is 18.4 Å². The number of imidazole rings is 1. The average Bonchev–Trinajstić information content (AvgIpc) is 3.47. The molecule has 0 aliphatic carbocycles. The number of carbonyl (C=O) groups excluding carboxylic acids is 1. The topological polar surface area (TPSA) is 90.2 Å². The second-order valence-electron chi connectivity index (χ2n) is 6.81. The fourth-order valence-electron chi connectivity index (χ4n) is 3.57. The van der Waals surface area contributed by atoms with Crippen molar-refractivity contribution in [3.05, 3.63) is 43.0 Å². The van der Waals surface area contributed by atoms with Crippen molar-refractivity contribution >= 4 is 5.91 Å². The van der Waals surface area contributed by atoms with Crippen molar-refractivity contribution in [3.8, 4) is 11.6 Å². The molecule has 1 amide bonds. The molecule has 1 atom stereocenters. The van der Waals surface area contributed by atoms with Crippen LogP contribution in [0, 0.1) is 0 Å². The summed E-state index contributed by atoms with van der Waals surface area (Å²) in [6.07, 6.45) is 12.2. The molecule has 0 unspecified atom stereocenters. The van der Waals surface area contributed by atoms with Crippen LogP contribution in [0.4, 0.5) is 0 Å². The molecular weight excluding hydrogens is 346 g/mol. The average molecular weight is 369 g/mol. The van der Waals surface area contributed by atoms with Gasteiger partial charge in [-0.3, -0.25) is 4.79 Å². The van der Waals surface area contributed by atoms with E-state index in [0.29, 0.717) is 30.3 Å². The highest BCUT2D eigenvalue weighted by atomic mass is 16.5. The lowest BCUT2D eigenvalue weighted by Gasteiger charge is -2.36. The predicted molar refractivity (Wildman–Crippen MR) is 96.5 cm³/mol. The van der Waals surface area contributed by atoms with Crippen molar-refractivity contribution in [3.63, 3.8) is 0 Å². The van der Waals surface area contributed by atoms with E-state index in [4.69, 9.17) is 8.94 Å². The maximum atomic E-state index is 12.8. The number of carbonyl (C=O) groups is 1. The highest BCUT2D eigenvalue weighted by Crippen LogP contribution is 2.22. The van der Waals surface area contributed by atoms with Gasteiger partial charge in [-0.15, -0.1) is 0 Å². The molecule has 8 nitrogen and oxygen atoms in total. The summed E-state index contributed by atoms with van der Waals surface area (Å²) in [5.41, 5.74) is 0. The Kier molecular flexibility index (Phi) is 5.32. The summed E-state index contributed by atoms with van der Waals surface area (Å²) in [5, 5.41) is 3.91. The van der Waals surface area contributed by atoms with Crippen LogP contribution in [0.25, 0.3) is 11.6 Å². The summed E-state index contributed by atoms with van der Waals surface area (Å²) in [6.45, 7) is 1.71. The lowest BCUT2D eigenvalue weighted by atomic mass is 9.98. The minimum Gasteiger partial charge on any atom is -0.461 e. The Balaban J connectivity index is 1.32. The molecule has 0 N–H and O–H groups in total. The van der Waals surface area contributed by atoms with E-state index in [9.17, 15) is 4.79 Å². The van der Waals surface area contributed by atoms with Crippen molar-refractivity contribution in [1.82, 2.24) is 24.6 Å². The van der Waals surface area contributed by atoms with Gasteiger partial charge in [-0.05, 0) is 37.8 Å². The highest BCUT2D eigenvalue weighted by molar-refractivity contribution is 5.76. The largest absolute Gasteiger partial charge is 0.461 e. The number of rotatable bonds is 7. The Morgan fingerprint density at radius 2 is 2.30 bits per heavy atom. The molecule has 1 saturated heterocycles. The first kappa shape index (κ1) is 17.5. The van der Waals surface area contributed by atoms with Crippen molar-refractivity contribution < 1.29 is 13.7 Å². The number of aromatic nitrogens is 4. The van der Waals surface area contributed by atoms with Crippen molar-refractivity contribution in [2.45, 2.75) is 51.1 Å². The van der Waals surface area contributed by atoms with Crippen LogP contribution in [0.5, 0.6) is 0 Å². The molecule has 8 heteroatoms. The van der Waals surface area contributed by atoms with E-state index in [0.717, 1.165) is 32.4 Å². The van der Waals surface area contributed by atoms with Gasteiger partial charge in [-0.25, -0.2) is 4.98 Å². The van der Waals surface area contributed by atoms with Crippen LogP contribution in [-0.2, 0) is 17.8 Å². The highest BCUT2D eigenvalue weighted by Gasteiger charge is 2.26. The first-order valence-electron chi connectivity index (χ1n) is 9.41. The smallest absolute Gasteiger partial charge is 0.238 e. The van der Waals surface area contributed by atoms with Gasteiger partial charge in [0.15, 0.2) is 5.76 Å². The molecule has 0 saturated carbocycles. The Morgan fingerprint density at radius 1 is 1.33 bits per heavy atom. The maximum absolute atomic E-state index is 12.8. The minimum absolute atomic E-state index is 0.156. The summed E-state index contributed by atoms with van der Waals surface area (Å²) in [7, 11) is 0. The number of hydrogen-bond donors (Lipinski definition) is 0. The van der Waals surface area contributed by atoms with E-state index in [1.54, 1.807) is 24.6 Å². The fraction of sp³-hybridized carbons (Fsp3) is 0.474. The van der Waals surface area contributed by atoms with E-state index in [-0.39, 0.29) is 11.9 Å². The normalized spacial score (nSPS) is 17.3. The standard InChI is InChI=1S/C19H23N5O3/c25-18(7-6-17-21-19(22-27-17)16-5-3-13-26-16)24-10-2-1-4-15(24)8-11-23-12-9-20-14-23/h3,5,9,12-15H,1-2,4,6-8,10-11H2/t15-/m0/s1. The number of amides is 1. The van der Waals surface area contributed by atoms with Crippen molar-refractivity contribution in [2.24, 2.45) is 0 Å². The molecule has 1 aliphatic rings. The summed E-state index contributed by atoms with van der Waals surface area (Å²) in [5.74, 6) is 1.59. The maximum Gasteiger partial charge on any atom is 0.238 e. The predicted octanol–water partition coefficient (Wildman–Crippen LogP) is 2.93. The zero-order valence-electron chi connectivity index (χ0n) is 15.2. The van der Waals surface area contributed by atoms with Gasteiger partial charge in [0.2, 0.25) is 17.6 Å². The first-order valence-corrected chi connectivity index (χ1v) is 9.41. The zero-order chi connectivity index (χ0) is 18.5. The van der Waals surface area contributed by atoms with Gasteiger partial charge in [0.1, 0.15) is 0 Å². The van der Waals surface area contributed by atoms with Gasteiger partial charge in [0.05, 0.1) is 12.6 Å². The van der Waals surface area contributed by atoms with Crippen molar-refractivity contribution in [1.29, 1.82) is 0 Å². The Labute approximate surface area is 157 Å². The van der Waals surface area contributed by atoms with Crippen LogP contribution >= 0.6 is 0 Å². The van der Waals surface area contributed by atoms with E-state index in [2.05, 4.69) is 19.7 Å². The number of hydrogen-bond acceptors (Lipinski definition) is 6. The summed E-state index contributed by atoms with van der Waals surface area (Å²) < 4.78 is 12.6. The summed E-state index contributed by atoms with van der Waals surface area (Å²) in [4.78, 5) is 23.2. The molecule has 4 heterocycles. The third kappa shape index (κ3) is 4.27. The van der Waals surface area contributed by atoms with Crippen LogP contribution < -0.4 is 0 Å². The molecule has 4 rings (SSSR count). The number of nitrogens with zero attached hydrogens (tertiary/aromatic N) is 5. The van der Waals surface area contributed by atoms with Gasteiger partial charge in [0, 0.05) is 44.4 Å². The molecule has 27 heavy (non-hydrogen) atoms. The van der Waals surface area contributed by atoms with Crippen molar-refractivity contribution in [2.75, 3.05) is 6.54 Å². The lowest BCUT2D eigenvalue weighted by molar-refractivity contribution is -0.135. The molecule has 142 valence electrons. The van der Waals surface area contributed by atoms with E-state index >= 15 is 0 Å². The molecule has 1 fully saturated rings. The summed E-state index contributed by atoms with van der Waals surface area (Å²) >= 11 is 0. The van der Waals surface area contributed by atoms with Crippen LogP contribution in [-0.4, -0.2) is 43.1 Å². The molecular formula is C19H23N5O3. The van der Waals surface area contributed by atoms with Crippen LogP contribution in [0.3, 0.4) is 0 Å². The SMILES string of the molecule is O=C(CCc1nc(-c2ccco2)no1)N1CCCC[C@H]1CCn1ccnc1. The van der Waals surface area contributed by atoms with Gasteiger partial charge in [-0.2, -0.15) is 4.98 Å². The molecule has 0 aromatic carbocycles. The van der Waals surface area contributed by atoms with Crippen LogP contribution in [0.1, 0.15) is 38.0 Å². The second kappa shape index (κ2) is 8.20. The number of furan rings is 1. The zero-order valence-corrected chi connectivity index (χ0v) is 15.2. The quantitative estimate of drug-likeness (QED) is 0.636. The van der Waals surface area contributed by atoms with E-state index < -0.39 is 0 Å². The molecule has 3 aromatic rings.